The van der Waals surface area contributed by atoms with Gasteiger partial charge in [0.05, 0.1) is 16.1 Å². The topological polar surface area (TPSA) is 90.3 Å². The largest absolute Gasteiger partial charge is 0.433 e. The second-order valence-electron chi connectivity index (χ2n) is 6.24. The third-order valence-corrected chi connectivity index (χ3v) is 4.94. The summed E-state index contributed by atoms with van der Waals surface area (Å²) in [6.45, 7) is -3.21. The molecular weight excluding hydrogens is 428 g/mol. The van der Waals surface area contributed by atoms with Gasteiger partial charge >= 0.3 is 6.61 Å². The van der Waals surface area contributed by atoms with Crippen LogP contribution in [0.15, 0.2) is 42.5 Å². The van der Waals surface area contributed by atoms with E-state index < -0.39 is 22.4 Å². The minimum Gasteiger partial charge on any atom is -0.433 e. The predicted molar refractivity (Wildman–Crippen MR) is 105 cm³/mol. The number of nitrogens with zero attached hydrogens (tertiary/aromatic N) is 2. The third kappa shape index (κ3) is 5.42. The Morgan fingerprint density at radius 1 is 1.28 bits per heavy atom. The number of nitrogens with one attached hydrogen (secondary N) is 1. The van der Waals surface area contributed by atoms with Crippen molar-refractivity contribution in [3.8, 4) is 5.75 Å². The molecule has 0 saturated carbocycles. The summed E-state index contributed by atoms with van der Waals surface area (Å²) in [7, 11) is -3.37. The molecule has 1 aromatic heterocycles. The zero-order chi connectivity index (χ0) is 21.2. The van der Waals surface area contributed by atoms with Crippen molar-refractivity contribution in [3.63, 3.8) is 0 Å². The Morgan fingerprint density at radius 2 is 2.00 bits per heavy atom. The standard InChI is InChI=1S/C18H16ClF2N3O4S/c1-29(26,27)10-16-23-13-4-2-3-5-14(13)24(16)9-17(25)22-11-6-7-15(12(19)8-11)28-18(20)21/h2-8,18H,9-10H2,1H3,(H,22,25). The first-order valence-electron chi connectivity index (χ1n) is 8.28. The summed E-state index contributed by atoms with van der Waals surface area (Å²) < 4.78 is 53.8. The van der Waals surface area contributed by atoms with Crippen molar-refractivity contribution in [2.45, 2.75) is 18.9 Å². The van der Waals surface area contributed by atoms with Gasteiger partial charge in [0, 0.05) is 11.9 Å². The number of carbonyl (C=O) groups is 1. The number of para-hydroxylation sites is 2. The third-order valence-electron chi connectivity index (χ3n) is 3.86. The Morgan fingerprint density at radius 3 is 2.66 bits per heavy atom. The molecule has 0 radical (unpaired) electrons. The van der Waals surface area contributed by atoms with Crippen LogP contribution in [0.5, 0.6) is 5.75 Å². The second kappa shape index (κ2) is 8.34. The predicted octanol–water partition coefficient (Wildman–Crippen LogP) is 3.47. The lowest BCUT2D eigenvalue weighted by Crippen LogP contribution is -2.21. The molecule has 3 rings (SSSR count). The Kier molecular flexibility index (Phi) is 6.04. The summed E-state index contributed by atoms with van der Waals surface area (Å²) in [4.78, 5) is 16.8. The van der Waals surface area contributed by atoms with E-state index in [9.17, 15) is 22.0 Å². The number of aromatic nitrogens is 2. The van der Waals surface area contributed by atoms with Gasteiger partial charge in [-0.1, -0.05) is 23.7 Å². The van der Waals surface area contributed by atoms with E-state index in [4.69, 9.17) is 11.6 Å². The fourth-order valence-corrected chi connectivity index (χ4v) is 3.68. The number of halogens is 3. The molecule has 11 heteroatoms. The highest BCUT2D eigenvalue weighted by Crippen LogP contribution is 2.29. The number of rotatable bonds is 7. The van der Waals surface area contributed by atoms with Gasteiger partial charge in [-0.3, -0.25) is 4.79 Å². The van der Waals surface area contributed by atoms with Gasteiger partial charge in [-0.25, -0.2) is 13.4 Å². The SMILES string of the molecule is CS(=O)(=O)Cc1nc2ccccc2n1CC(=O)Nc1ccc(OC(F)F)c(Cl)c1. The van der Waals surface area contributed by atoms with E-state index in [1.54, 1.807) is 24.3 Å². The highest BCUT2D eigenvalue weighted by molar-refractivity contribution is 7.89. The van der Waals surface area contributed by atoms with Crippen LogP contribution >= 0.6 is 11.6 Å². The number of hydrogen-bond acceptors (Lipinski definition) is 5. The molecule has 2 aromatic carbocycles. The molecule has 1 amide bonds. The first-order chi connectivity index (χ1) is 13.6. The summed E-state index contributed by atoms with van der Waals surface area (Å²) in [5, 5.41) is 2.50. The summed E-state index contributed by atoms with van der Waals surface area (Å²) in [6, 6.07) is 10.8. The van der Waals surface area contributed by atoms with E-state index in [1.807, 2.05) is 0 Å². The molecule has 0 fully saturated rings. The minimum atomic E-state index is -3.37. The maximum absolute atomic E-state index is 12.5. The lowest BCUT2D eigenvalue weighted by atomic mass is 10.3. The summed E-state index contributed by atoms with van der Waals surface area (Å²) in [6.07, 6.45) is 1.09. The number of fused-ring (bicyclic) bond motifs is 1. The first kappa shape index (κ1) is 21.0. The fourth-order valence-electron chi connectivity index (χ4n) is 2.76. The molecule has 1 N–H and O–H groups in total. The lowest BCUT2D eigenvalue weighted by molar-refractivity contribution is -0.116. The number of imidazole rings is 1. The molecule has 0 aliphatic rings. The first-order valence-corrected chi connectivity index (χ1v) is 10.7. The number of alkyl halides is 2. The molecule has 0 saturated heterocycles. The normalized spacial score (nSPS) is 11.8. The van der Waals surface area contributed by atoms with Crippen LogP contribution in [0.1, 0.15) is 5.82 Å². The van der Waals surface area contributed by atoms with Crippen molar-refractivity contribution in [1.82, 2.24) is 9.55 Å². The molecule has 0 bridgehead atoms. The van der Waals surface area contributed by atoms with Crippen molar-refractivity contribution >= 4 is 44.1 Å². The van der Waals surface area contributed by atoms with Gasteiger partial charge in [0.1, 0.15) is 23.9 Å². The van der Waals surface area contributed by atoms with Gasteiger partial charge in [0.25, 0.3) is 0 Å². The van der Waals surface area contributed by atoms with Crippen LogP contribution in [-0.2, 0) is 26.9 Å². The van der Waals surface area contributed by atoms with Crippen LogP contribution in [0.4, 0.5) is 14.5 Å². The molecule has 29 heavy (non-hydrogen) atoms. The molecule has 154 valence electrons. The van der Waals surface area contributed by atoms with E-state index in [0.29, 0.717) is 11.0 Å². The number of amides is 1. The molecule has 1 heterocycles. The smallest absolute Gasteiger partial charge is 0.387 e. The number of carbonyl (C=O) groups excluding carboxylic acids is 1. The van der Waals surface area contributed by atoms with Crippen LogP contribution < -0.4 is 10.1 Å². The number of sulfone groups is 1. The van der Waals surface area contributed by atoms with Crippen LogP contribution in [0.2, 0.25) is 5.02 Å². The summed E-state index contributed by atoms with van der Waals surface area (Å²) in [5.41, 5.74) is 1.45. The van der Waals surface area contributed by atoms with Gasteiger partial charge in [-0.15, -0.1) is 0 Å². The zero-order valence-electron chi connectivity index (χ0n) is 15.1. The van der Waals surface area contributed by atoms with Crippen molar-refractivity contribution in [1.29, 1.82) is 0 Å². The van der Waals surface area contributed by atoms with Gasteiger partial charge in [0.2, 0.25) is 5.91 Å². The molecule has 3 aromatic rings. The van der Waals surface area contributed by atoms with E-state index in [1.165, 1.54) is 22.8 Å². The number of ether oxygens (including phenoxy) is 1. The Hall–Kier alpha value is -2.72. The van der Waals surface area contributed by atoms with Crippen molar-refractivity contribution in [2.75, 3.05) is 11.6 Å². The zero-order valence-corrected chi connectivity index (χ0v) is 16.7. The lowest BCUT2D eigenvalue weighted by Gasteiger charge is -2.11. The van der Waals surface area contributed by atoms with Gasteiger partial charge < -0.3 is 14.6 Å². The van der Waals surface area contributed by atoms with Crippen molar-refractivity contribution < 1.29 is 26.7 Å². The highest BCUT2D eigenvalue weighted by atomic mass is 35.5. The van der Waals surface area contributed by atoms with E-state index >= 15 is 0 Å². The van der Waals surface area contributed by atoms with Gasteiger partial charge in [-0.2, -0.15) is 8.78 Å². The van der Waals surface area contributed by atoms with Crippen LogP contribution in [0, 0.1) is 0 Å². The fraction of sp³-hybridized carbons (Fsp3) is 0.222. The van der Waals surface area contributed by atoms with E-state index in [2.05, 4.69) is 15.0 Å². The molecular formula is C18H16ClF2N3O4S. The van der Waals surface area contributed by atoms with Crippen LogP contribution in [-0.4, -0.2) is 36.7 Å². The molecule has 0 spiro atoms. The van der Waals surface area contributed by atoms with Crippen LogP contribution in [0.3, 0.4) is 0 Å². The van der Waals surface area contributed by atoms with Crippen molar-refractivity contribution in [3.05, 3.63) is 53.3 Å². The molecule has 0 aliphatic carbocycles. The summed E-state index contributed by atoms with van der Waals surface area (Å²) >= 11 is 5.88. The molecule has 0 atom stereocenters. The Balaban J connectivity index is 1.83. The quantitative estimate of drug-likeness (QED) is 0.603. The number of benzene rings is 2. The number of anilines is 1. The van der Waals surface area contributed by atoms with E-state index in [-0.39, 0.29) is 34.6 Å². The average Bonchev–Trinajstić information content (AvgIpc) is 2.92. The van der Waals surface area contributed by atoms with Gasteiger partial charge in [0.15, 0.2) is 9.84 Å². The Bertz CT molecular complexity index is 1170. The Labute approximate surface area is 170 Å². The highest BCUT2D eigenvalue weighted by Gasteiger charge is 2.18. The number of hydrogen-bond donors (Lipinski definition) is 1. The average molecular weight is 444 g/mol. The molecule has 7 nitrogen and oxygen atoms in total. The second-order valence-corrected chi connectivity index (χ2v) is 8.79. The van der Waals surface area contributed by atoms with E-state index in [0.717, 1.165) is 6.26 Å². The van der Waals surface area contributed by atoms with Gasteiger partial charge in [-0.05, 0) is 30.3 Å². The van der Waals surface area contributed by atoms with Crippen LogP contribution in [0.25, 0.3) is 11.0 Å². The molecule has 0 unspecified atom stereocenters. The maximum Gasteiger partial charge on any atom is 0.387 e. The maximum atomic E-state index is 12.5. The summed E-state index contributed by atoms with van der Waals surface area (Å²) in [5.74, 6) is -0.764. The minimum absolute atomic E-state index is 0.0889. The molecule has 0 aliphatic heterocycles. The van der Waals surface area contributed by atoms with Crippen molar-refractivity contribution in [2.24, 2.45) is 0 Å². The monoisotopic (exact) mass is 443 g/mol.